The first-order valence-electron chi connectivity index (χ1n) is 5.31. The largest absolute Gasteiger partial charge is 0.437 e. The Morgan fingerprint density at radius 2 is 2.00 bits per heavy atom. The molecule has 0 bridgehead atoms. The summed E-state index contributed by atoms with van der Waals surface area (Å²) in [6.07, 6.45) is 1.69. The second-order valence-corrected chi connectivity index (χ2v) is 4.57. The summed E-state index contributed by atoms with van der Waals surface area (Å²) in [6.45, 7) is 1.91. The molecule has 0 aliphatic carbocycles. The summed E-state index contributed by atoms with van der Waals surface area (Å²) in [4.78, 5) is 4.21. The van der Waals surface area contributed by atoms with E-state index in [-0.39, 0.29) is 6.04 Å². The Balaban J connectivity index is 2.34. The van der Waals surface area contributed by atoms with E-state index in [1.165, 1.54) is 0 Å². The number of rotatable bonds is 3. The Kier molecular flexibility index (Phi) is 3.76. The van der Waals surface area contributed by atoms with Gasteiger partial charge in [0.25, 0.3) is 0 Å². The van der Waals surface area contributed by atoms with Crippen molar-refractivity contribution in [3.05, 3.63) is 52.6 Å². The molecule has 1 aromatic heterocycles. The lowest BCUT2D eigenvalue weighted by molar-refractivity contribution is 0.449. The van der Waals surface area contributed by atoms with Crippen LogP contribution in [0.2, 0.25) is 0 Å². The average Bonchev–Trinajstić information content (AvgIpc) is 2.32. The molecule has 2 rings (SSSR count). The molecule has 3 nitrogen and oxygen atoms in total. The number of halogens is 1. The fraction of sp³-hybridized carbons (Fsp3) is 0.154. The van der Waals surface area contributed by atoms with E-state index >= 15 is 0 Å². The van der Waals surface area contributed by atoms with Crippen LogP contribution in [0.25, 0.3) is 0 Å². The molecule has 1 heterocycles. The van der Waals surface area contributed by atoms with Gasteiger partial charge in [0.15, 0.2) is 0 Å². The van der Waals surface area contributed by atoms with Crippen LogP contribution >= 0.6 is 15.9 Å². The third-order valence-corrected chi connectivity index (χ3v) is 2.99. The van der Waals surface area contributed by atoms with Crippen LogP contribution in [-0.2, 0) is 0 Å². The van der Waals surface area contributed by atoms with E-state index in [2.05, 4.69) is 20.9 Å². The van der Waals surface area contributed by atoms with Crippen molar-refractivity contribution < 1.29 is 4.74 Å². The lowest BCUT2D eigenvalue weighted by Crippen LogP contribution is -2.07. The Morgan fingerprint density at radius 3 is 2.71 bits per heavy atom. The molecule has 0 fully saturated rings. The molecule has 17 heavy (non-hydrogen) atoms. The smallest absolute Gasteiger partial charge is 0.224 e. The number of benzene rings is 1. The van der Waals surface area contributed by atoms with Crippen LogP contribution in [0.15, 0.2) is 47.1 Å². The number of aromatic nitrogens is 1. The highest BCUT2D eigenvalue weighted by molar-refractivity contribution is 9.10. The Morgan fingerprint density at radius 1 is 1.24 bits per heavy atom. The minimum absolute atomic E-state index is 0.110. The predicted molar refractivity (Wildman–Crippen MR) is 71.1 cm³/mol. The Bertz CT molecular complexity index is 514. The third kappa shape index (κ3) is 2.84. The van der Waals surface area contributed by atoms with Gasteiger partial charge in [0.05, 0.1) is 4.47 Å². The first-order chi connectivity index (χ1) is 8.18. The molecule has 1 atom stereocenters. The maximum Gasteiger partial charge on any atom is 0.224 e. The summed E-state index contributed by atoms with van der Waals surface area (Å²) >= 11 is 3.43. The van der Waals surface area contributed by atoms with Crippen LogP contribution < -0.4 is 10.5 Å². The number of hydrogen-bond donors (Lipinski definition) is 1. The summed E-state index contributed by atoms with van der Waals surface area (Å²) in [5.41, 5.74) is 6.77. The number of nitrogens with zero attached hydrogens (tertiary/aromatic N) is 1. The van der Waals surface area contributed by atoms with Crippen molar-refractivity contribution in [2.24, 2.45) is 5.73 Å². The van der Waals surface area contributed by atoms with Crippen molar-refractivity contribution in [1.29, 1.82) is 0 Å². The highest BCUT2D eigenvalue weighted by Crippen LogP contribution is 2.31. The van der Waals surface area contributed by atoms with E-state index in [9.17, 15) is 0 Å². The maximum absolute atomic E-state index is 5.87. The molecule has 0 saturated heterocycles. The van der Waals surface area contributed by atoms with Gasteiger partial charge in [0, 0.05) is 17.8 Å². The molecule has 0 amide bonds. The molecule has 2 aromatic rings. The van der Waals surface area contributed by atoms with Crippen LogP contribution in [0.5, 0.6) is 11.6 Å². The summed E-state index contributed by atoms with van der Waals surface area (Å²) in [5, 5.41) is 0. The molecular formula is C13H13BrN2O. The zero-order chi connectivity index (χ0) is 12.3. The van der Waals surface area contributed by atoms with Gasteiger partial charge in [-0.25, -0.2) is 4.98 Å². The van der Waals surface area contributed by atoms with Crippen molar-refractivity contribution >= 4 is 15.9 Å². The van der Waals surface area contributed by atoms with E-state index < -0.39 is 0 Å². The van der Waals surface area contributed by atoms with Crippen molar-refractivity contribution in [2.75, 3.05) is 0 Å². The molecule has 0 aliphatic heterocycles. The van der Waals surface area contributed by atoms with Crippen LogP contribution in [0.4, 0.5) is 0 Å². The van der Waals surface area contributed by atoms with Crippen LogP contribution in [-0.4, -0.2) is 4.98 Å². The van der Waals surface area contributed by atoms with Gasteiger partial charge in [-0.15, -0.1) is 0 Å². The highest BCUT2D eigenvalue weighted by atomic mass is 79.9. The molecule has 0 saturated carbocycles. The summed E-state index contributed by atoms with van der Waals surface area (Å²) in [7, 11) is 0. The number of pyridine rings is 1. The first-order valence-corrected chi connectivity index (χ1v) is 6.10. The SMILES string of the molecule is CC(N)c1cccnc1Oc1ccccc1Br. The molecule has 2 N–H and O–H groups in total. The fourth-order valence-electron chi connectivity index (χ4n) is 1.47. The molecule has 88 valence electrons. The zero-order valence-corrected chi connectivity index (χ0v) is 11.0. The van der Waals surface area contributed by atoms with Gasteiger partial charge in [0.1, 0.15) is 5.75 Å². The molecule has 1 aromatic carbocycles. The third-order valence-electron chi connectivity index (χ3n) is 2.33. The van der Waals surface area contributed by atoms with E-state index in [1.807, 2.05) is 43.3 Å². The second kappa shape index (κ2) is 5.29. The molecule has 4 heteroatoms. The lowest BCUT2D eigenvalue weighted by Gasteiger charge is -2.12. The van der Waals surface area contributed by atoms with Crippen molar-refractivity contribution in [1.82, 2.24) is 4.98 Å². The average molecular weight is 293 g/mol. The lowest BCUT2D eigenvalue weighted by atomic mass is 10.1. The Labute approximate surface area is 109 Å². The van der Waals surface area contributed by atoms with Crippen LogP contribution in [0.3, 0.4) is 0 Å². The van der Waals surface area contributed by atoms with Gasteiger partial charge in [-0.2, -0.15) is 0 Å². The topological polar surface area (TPSA) is 48.1 Å². The van der Waals surface area contributed by atoms with E-state index in [0.29, 0.717) is 5.88 Å². The summed E-state index contributed by atoms with van der Waals surface area (Å²) in [6, 6.07) is 11.3. The van der Waals surface area contributed by atoms with Gasteiger partial charge in [-0.1, -0.05) is 18.2 Å². The van der Waals surface area contributed by atoms with Crippen molar-refractivity contribution in [3.63, 3.8) is 0 Å². The number of hydrogen-bond acceptors (Lipinski definition) is 3. The minimum atomic E-state index is -0.110. The van der Waals surface area contributed by atoms with Gasteiger partial charge in [-0.05, 0) is 41.1 Å². The number of nitrogens with two attached hydrogens (primary N) is 1. The summed E-state index contributed by atoms with van der Waals surface area (Å²) in [5.74, 6) is 1.28. The van der Waals surface area contributed by atoms with E-state index in [4.69, 9.17) is 10.5 Å². The molecule has 0 spiro atoms. The standard InChI is InChI=1S/C13H13BrN2O/c1-9(15)10-5-4-8-16-13(10)17-12-7-3-2-6-11(12)14/h2-9H,15H2,1H3. The maximum atomic E-state index is 5.87. The first kappa shape index (κ1) is 12.1. The molecular weight excluding hydrogens is 280 g/mol. The summed E-state index contributed by atoms with van der Waals surface area (Å²) < 4.78 is 6.65. The minimum Gasteiger partial charge on any atom is -0.437 e. The van der Waals surface area contributed by atoms with Crippen LogP contribution in [0.1, 0.15) is 18.5 Å². The normalized spacial score (nSPS) is 12.2. The van der Waals surface area contributed by atoms with Crippen LogP contribution in [0, 0.1) is 0 Å². The number of para-hydroxylation sites is 1. The quantitative estimate of drug-likeness (QED) is 0.939. The predicted octanol–water partition coefficient (Wildman–Crippen LogP) is 3.66. The monoisotopic (exact) mass is 292 g/mol. The second-order valence-electron chi connectivity index (χ2n) is 3.72. The molecule has 0 radical (unpaired) electrons. The zero-order valence-electron chi connectivity index (χ0n) is 9.43. The van der Waals surface area contributed by atoms with Gasteiger partial charge < -0.3 is 10.5 Å². The highest BCUT2D eigenvalue weighted by Gasteiger charge is 2.10. The van der Waals surface area contributed by atoms with Crippen molar-refractivity contribution in [2.45, 2.75) is 13.0 Å². The van der Waals surface area contributed by atoms with Gasteiger partial charge >= 0.3 is 0 Å². The van der Waals surface area contributed by atoms with E-state index in [1.54, 1.807) is 6.20 Å². The molecule has 0 aliphatic rings. The van der Waals surface area contributed by atoms with E-state index in [0.717, 1.165) is 15.8 Å². The fourth-order valence-corrected chi connectivity index (χ4v) is 1.83. The molecule has 1 unspecified atom stereocenters. The van der Waals surface area contributed by atoms with Gasteiger partial charge in [-0.3, -0.25) is 0 Å². The van der Waals surface area contributed by atoms with Crippen molar-refractivity contribution in [3.8, 4) is 11.6 Å². The Hall–Kier alpha value is -1.39. The number of ether oxygens (including phenoxy) is 1. The van der Waals surface area contributed by atoms with Gasteiger partial charge in [0.2, 0.25) is 5.88 Å².